The number of rotatable bonds is 7. The normalized spacial score (nSPS) is 28.5. The first-order valence-corrected chi connectivity index (χ1v) is 10.8. The summed E-state index contributed by atoms with van der Waals surface area (Å²) in [6.45, 7) is 12.2. The summed E-state index contributed by atoms with van der Waals surface area (Å²) in [4.78, 5) is 4.80. The van der Waals surface area contributed by atoms with Crippen molar-refractivity contribution in [2.24, 2.45) is 17.8 Å². The number of hydrogen-bond acceptors (Lipinski definition) is 4. The molecule has 0 spiro atoms. The van der Waals surface area contributed by atoms with Gasteiger partial charge in [-0.15, -0.1) is 0 Å². The highest BCUT2D eigenvalue weighted by molar-refractivity contribution is 5.46. The fourth-order valence-electron chi connectivity index (χ4n) is 4.72. The highest BCUT2D eigenvalue weighted by Gasteiger charge is 2.32. The Morgan fingerprint density at radius 2 is 1.78 bits per heavy atom. The average Bonchev–Trinajstić information content (AvgIpc) is 2.67. The number of anilines is 1. The summed E-state index contributed by atoms with van der Waals surface area (Å²) >= 11 is 0. The van der Waals surface area contributed by atoms with E-state index in [4.69, 9.17) is 4.74 Å². The molecular formula is C23H38N2O2. The molecule has 4 unspecified atom stereocenters. The van der Waals surface area contributed by atoms with Crippen LogP contribution in [0.2, 0.25) is 0 Å². The van der Waals surface area contributed by atoms with Gasteiger partial charge in [-0.25, -0.2) is 0 Å². The number of β-amino-alcohol motifs (C(OH)–C–C–N with tert-alkyl or cyclic N) is 1. The van der Waals surface area contributed by atoms with Crippen molar-refractivity contribution in [1.82, 2.24) is 4.90 Å². The first kappa shape index (κ1) is 20.6. The maximum Gasteiger partial charge on any atom is 0.0900 e. The Bertz CT molecular complexity index is 543. The van der Waals surface area contributed by atoms with E-state index in [-0.39, 0.29) is 0 Å². The van der Waals surface area contributed by atoms with Crippen LogP contribution >= 0.6 is 0 Å². The molecule has 0 amide bonds. The van der Waals surface area contributed by atoms with Gasteiger partial charge in [0.15, 0.2) is 0 Å². The fourth-order valence-corrected chi connectivity index (χ4v) is 4.72. The molecule has 0 aromatic heterocycles. The third-order valence-corrected chi connectivity index (χ3v) is 6.43. The molecule has 1 N–H and O–H groups in total. The second-order valence-corrected chi connectivity index (χ2v) is 8.97. The molecular weight excluding hydrogens is 336 g/mol. The standard InChI is InChI=1S/C23H38N2O2/c1-18(2)22-10-9-19(3)15-23(22)27-17-21(26)16-24-11-13-25(14-12-24)20-7-5-4-6-8-20/h4-8,18-19,21-23,26H,9-17H2,1-3H3. The minimum atomic E-state index is -0.390. The maximum atomic E-state index is 10.5. The molecule has 0 bridgehead atoms. The van der Waals surface area contributed by atoms with E-state index < -0.39 is 6.10 Å². The van der Waals surface area contributed by atoms with E-state index in [1.165, 1.54) is 18.5 Å². The van der Waals surface area contributed by atoms with Crippen LogP contribution in [0.15, 0.2) is 30.3 Å². The van der Waals surface area contributed by atoms with Crippen molar-refractivity contribution in [3.63, 3.8) is 0 Å². The predicted octanol–water partition coefficient (Wildman–Crippen LogP) is 3.65. The van der Waals surface area contributed by atoms with E-state index in [9.17, 15) is 5.11 Å². The van der Waals surface area contributed by atoms with Gasteiger partial charge in [0.25, 0.3) is 0 Å². The minimum Gasteiger partial charge on any atom is -0.389 e. The van der Waals surface area contributed by atoms with Gasteiger partial charge in [0.05, 0.1) is 18.8 Å². The summed E-state index contributed by atoms with van der Waals surface area (Å²) in [7, 11) is 0. The van der Waals surface area contributed by atoms with Crippen molar-refractivity contribution >= 4 is 5.69 Å². The molecule has 3 rings (SSSR count). The third kappa shape index (κ3) is 5.94. The van der Waals surface area contributed by atoms with Crippen LogP contribution < -0.4 is 4.90 Å². The van der Waals surface area contributed by atoms with Crippen molar-refractivity contribution < 1.29 is 9.84 Å². The number of piperazine rings is 1. The van der Waals surface area contributed by atoms with E-state index in [0.29, 0.717) is 24.5 Å². The number of nitrogens with zero attached hydrogens (tertiary/aromatic N) is 2. The second kappa shape index (κ2) is 9.90. The van der Waals surface area contributed by atoms with E-state index in [1.54, 1.807) is 0 Å². The van der Waals surface area contributed by atoms with Crippen LogP contribution in [0, 0.1) is 17.8 Å². The topological polar surface area (TPSA) is 35.9 Å². The Morgan fingerprint density at radius 1 is 1.07 bits per heavy atom. The van der Waals surface area contributed by atoms with Crippen LogP contribution in [0.1, 0.15) is 40.0 Å². The quantitative estimate of drug-likeness (QED) is 0.790. The lowest BCUT2D eigenvalue weighted by molar-refractivity contribution is -0.0740. The molecule has 1 heterocycles. The minimum absolute atomic E-state index is 0.318. The average molecular weight is 375 g/mol. The van der Waals surface area contributed by atoms with Crippen LogP contribution in [0.25, 0.3) is 0 Å². The van der Waals surface area contributed by atoms with E-state index in [0.717, 1.165) is 45.1 Å². The van der Waals surface area contributed by atoms with Gasteiger partial charge in [0.2, 0.25) is 0 Å². The number of aliphatic hydroxyl groups excluding tert-OH is 1. The zero-order chi connectivity index (χ0) is 19.2. The molecule has 152 valence electrons. The second-order valence-electron chi connectivity index (χ2n) is 8.97. The Hall–Kier alpha value is -1.10. The summed E-state index contributed by atoms with van der Waals surface area (Å²) in [6.07, 6.45) is 3.65. The van der Waals surface area contributed by atoms with Crippen LogP contribution in [0.4, 0.5) is 5.69 Å². The zero-order valence-corrected chi connectivity index (χ0v) is 17.4. The van der Waals surface area contributed by atoms with Crippen molar-refractivity contribution in [1.29, 1.82) is 0 Å². The van der Waals surface area contributed by atoms with Gasteiger partial charge in [-0.1, -0.05) is 45.4 Å². The summed E-state index contributed by atoms with van der Waals surface area (Å²) in [6, 6.07) is 10.6. The van der Waals surface area contributed by atoms with Crippen LogP contribution in [0.5, 0.6) is 0 Å². The molecule has 27 heavy (non-hydrogen) atoms. The molecule has 4 atom stereocenters. The van der Waals surface area contributed by atoms with E-state index in [1.807, 2.05) is 0 Å². The molecule has 1 aliphatic carbocycles. The van der Waals surface area contributed by atoms with Crippen molar-refractivity contribution in [2.45, 2.75) is 52.2 Å². The molecule has 1 saturated heterocycles. The van der Waals surface area contributed by atoms with E-state index in [2.05, 4.69) is 60.9 Å². The molecule has 1 aromatic carbocycles. The highest BCUT2D eigenvalue weighted by atomic mass is 16.5. The highest BCUT2D eigenvalue weighted by Crippen LogP contribution is 2.35. The summed E-state index contributed by atoms with van der Waals surface area (Å²) in [5.41, 5.74) is 1.30. The largest absolute Gasteiger partial charge is 0.389 e. The van der Waals surface area contributed by atoms with Crippen LogP contribution in [0.3, 0.4) is 0 Å². The molecule has 1 aromatic rings. The fraction of sp³-hybridized carbons (Fsp3) is 0.739. The first-order chi connectivity index (χ1) is 13.0. The Labute approximate surface area is 165 Å². The van der Waals surface area contributed by atoms with Gasteiger partial charge in [-0.2, -0.15) is 0 Å². The molecule has 4 heteroatoms. The number of benzene rings is 1. The molecule has 0 radical (unpaired) electrons. The smallest absolute Gasteiger partial charge is 0.0900 e. The van der Waals surface area contributed by atoms with Crippen molar-refractivity contribution in [2.75, 3.05) is 44.2 Å². The number of para-hydroxylation sites is 1. The summed E-state index contributed by atoms with van der Waals surface area (Å²) < 4.78 is 6.23. The molecule has 1 aliphatic heterocycles. The van der Waals surface area contributed by atoms with Crippen molar-refractivity contribution in [3.8, 4) is 0 Å². The number of aliphatic hydroxyl groups is 1. The first-order valence-electron chi connectivity index (χ1n) is 10.8. The summed E-state index contributed by atoms with van der Waals surface area (Å²) in [5.74, 6) is 2.04. The predicted molar refractivity (Wildman–Crippen MR) is 112 cm³/mol. The van der Waals surface area contributed by atoms with Gasteiger partial charge in [-0.05, 0) is 42.7 Å². The number of ether oxygens (including phenoxy) is 1. The van der Waals surface area contributed by atoms with E-state index >= 15 is 0 Å². The lowest BCUT2D eigenvalue weighted by atomic mass is 9.75. The maximum absolute atomic E-state index is 10.5. The summed E-state index contributed by atoms with van der Waals surface area (Å²) in [5, 5.41) is 10.5. The molecule has 2 fully saturated rings. The van der Waals surface area contributed by atoms with Crippen LogP contribution in [-0.2, 0) is 4.74 Å². The SMILES string of the molecule is CC1CCC(C(C)C)C(OCC(O)CN2CCN(c3ccccc3)CC2)C1. The van der Waals surface area contributed by atoms with Gasteiger partial charge < -0.3 is 14.7 Å². The lowest BCUT2D eigenvalue weighted by Gasteiger charge is -2.39. The molecule has 2 aliphatic rings. The van der Waals surface area contributed by atoms with Gasteiger partial charge in [-0.3, -0.25) is 4.90 Å². The monoisotopic (exact) mass is 374 g/mol. The van der Waals surface area contributed by atoms with Crippen LogP contribution in [-0.4, -0.2) is 61.5 Å². The lowest BCUT2D eigenvalue weighted by Crippen LogP contribution is -2.49. The third-order valence-electron chi connectivity index (χ3n) is 6.43. The van der Waals surface area contributed by atoms with Gasteiger partial charge in [0, 0.05) is 38.4 Å². The number of hydrogen-bond donors (Lipinski definition) is 1. The Balaban J connectivity index is 1.40. The zero-order valence-electron chi connectivity index (χ0n) is 17.4. The Kier molecular flexibility index (Phi) is 7.57. The van der Waals surface area contributed by atoms with Crippen molar-refractivity contribution in [3.05, 3.63) is 30.3 Å². The molecule has 4 nitrogen and oxygen atoms in total. The van der Waals surface area contributed by atoms with Gasteiger partial charge in [0.1, 0.15) is 0 Å². The Morgan fingerprint density at radius 3 is 2.44 bits per heavy atom. The van der Waals surface area contributed by atoms with Gasteiger partial charge >= 0.3 is 0 Å². The molecule has 1 saturated carbocycles.